The molecule has 4 heteroatoms. The second kappa shape index (κ2) is 6.72. The summed E-state index contributed by atoms with van der Waals surface area (Å²) in [7, 11) is 0. The van der Waals surface area contributed by atoms with Gasteiger partial charge >= 0.3 is 0 Å². The van der Waals surface area contributed by atoms with Crippen molar-refractivity contribution in [2.24, 2.45) is 0 Å². The summed E-state index contributed by atoms with van der Waals surface area (Å²) in [6.45, 7) is 0.950. The average molecular weight is 394 g/mol. The van der Waals surface area contributed by atoms with Gasteiger partial charge in [-0.2, -0.15) is 0 Å². The predicted molar refractivity (Wildman–Crippen MR) is 112 cm³/mol. The first-order valence-electron chi connectivity index (χ1n) is 9.16. The van der Waals surface area contributed by atoms with Crippen LogP contribution in [0.25, 0.3) is 10.9 Å². The van der Waals surface area contributed by atoms with Gasteiger partial charge in [0.05, 0.1) is 18.2 Å². The topological polar surface area (TPSA) is 32.4 Å². The Hall–Kier alpha value is -2.26. The third kappa shape index (κ3) is 2.85. The fourth-order valence-corrected chi connectivity index (χ4v) is 4.72. The maximum atomic E-state index is 6.57. The number of aromatic nitrogens is 1. The number of fused-ring (bicyclic) bond motifs is 3. The maximum Gasteiger partial charge on any atom is 0.153 e. The molecule has 0 aliphatic carbocycles. The van der Waals surface area contributed by atoms with Gasteiger partial charge in [-0.15, -0.1) is 0 Å². The van der Waals surface area contributed by atoms with E-state index in [0.717, 1.165) is 16.6 Å². The normalized spacial score (nSPS) is 19.2. The summed E-state index contributed by atoms with van der Waals surface area (Å²) < 4.78 is 0. The molecular formula is C23H19Cl2N2+. The molecule has 0 radical (unpaired) electrons. The summed E-state index contributed by atoms with van der Waals surface area (Å²) in [5.74, 6) is 0.258. The van der Waals surface area contributed by atoms with E-state index in [-0.39, 0.29) is 12.0 Å². The zero-order chi connectivity index (χ0) is 18.4. The van der Waals surface area contributed by atoms with Gasteiger partial charge in [-0.05, 0) is 29.8 Å². The molecule has 0 amide bonds. The summed E-state index contributed by atoms with van der Waals surface area (Å²) >= 11 is 12.7. The Balaban J connectivity index is 1.72. The van der Waals surface area contributed by atoms with Crippen LogP contribution in [0.4, 0.5) is 0 Å². The van der Waals surface area contributed by atoms with Gasteiger partial charge in [-0.25, -0.2) is 0 Å². The molecule has 2 atom stereocenters. The van der Waals surface area contributed by atoms with Crippen molar-refractivity contribution in [3.8, 4) is 0 Å². The number of H-pyrrole nitrogens is 1. The quantitative estimate of drug-likeness (QED) is 0.464. The zero-order valence-electron chi connectivity index (χ0n) is 14.6. The molecule has 0 unspecified atom stereocenters. The van der Waals surface area contributed by atoms with Crippen LogP contribution < -0.4 is 5.32 Å². The molecule has 0 fully saturated rings. The van der Waals surface area contributed by atoms with E-state index >= 15 is 0 Å². The molecule has 0 bridgehead atoms. The number of quaternary nitrogens is 1. The van der Waals surface area contributed by atoms with Crippen molar-refractivity contribution in [2.75, 3.05) is 6.54 Å². The van der Waals surface area contributed by atoms with Crippen LogP contribution in [-0.2, 0) is 0 Å². The van der Waals surface area contributed by atoms with Crippen LogP contribution in [0.1, 0.15) is 34.3 Å². The van der Waals surface area contributed by atoms with Crippen molar-refractivity contribution in [1.82, 2.24) is 4.98 Å². The van der Waals surface area contributed by atoms with Gasteiger partial charge in [0.1, 0.15) is 0 Å². The minimum Gasteiger partial charge on any atom is -0.353 e. The molecule has 4 aromatic rings. The number of nitrogens with two attached hydrogens (primary N) is 1. The number of para-hydroxylation sites is 1. The third-order valence-electron chi connectivity index (χ3n) is 5.55. The van der Waals surface area contributed by atoms with Crippen LogP contribution in [-0.4, -0.2) is 11.5 Å². The summed E-state index contributed by atoms with van der Waals surface area (Å²) in [5.41, 5.74) is 6.24. The Morgan fingerprint density at radius 3 is 2.41 bits per heavy atom. The molecule has 134 valence electrons. The lowest BCUT2D eigenvalue weighted by atomic mass is 9.83. The van der Waals surface area contributed by atoms with E-state index in [4.69, 9.17) is 23.2 Å². The first-order valence-corrected chi connectivity index (χ1v) is 9.91. The molecule has 1 aliphatic rings. The van der Waals surface area contributed by atoms with Gasteiger partial charge in [0.2, 0.25) is 0 Å². The van der Waals surface area contributed by atoms with Crippen LogP contribution in [0.2, 0.25) is 10.0 Å². The Bertz CT molecular complexity index is 1110. The van der Waals surface area contributed by atoms with Crippen LogP contribution in [0, 0.1) is 0 Å². The van der Waals surface area contributed by atoms with E-state index in [0.29, 0.717) is 0 Å². The fourth-order valence-electron chi connectivity index (χ4n) is 4.33. The zero-order valence-corrected chi connectivity index (χ0v) is 16.1. The molecule has 0 spiro atoms. The summed E-state index contributed by atoms with van der Waals surface area (Å²) in [5, 5.41) is 5.27. The molecular weight excluding hydrogens is 375 g/mol. The monoisotopic (exact) mass is 393 g/mol. The van der Waals surface area contributed by atoms with Gasteiger partial charge in [-0.1, -0.05) is 71.7 Å². The van der Waals surface area contributed by atoms with Crippen LogP contribution >= 0.6 is 23.2 Å². The largest absolute Gasteiger partial charge is 0.353 e. The van der Waals surface area contributed by atoms with Crippen molar-refractivity contribution in [3.05, 3.63) is 105 Å². The SMILES string of the molecule is Clc1ccc([C@@H]2[NH2+]C[C@@H](c3ccccc3Cl)c3c2[nH]c2ccccc32)cc1. The Kier molecular flexibility index (Phi) is 4.20. The second-order valence-corrected chi connectivity index (χ2v) is 7.92. The minimum atomic E-state index is 0.225. The predicted octanol–water partition coefficient (Wildman–Crippen LogP) is 5.27. The van der Waals surface area contributed by atoms with E-state index in [2.05, 4.69) is 58.8 Å². The molecule has 0 saturated heterocycles. The second-order valence-electron chi connectivity index (χ2n) is 7.07. The molecule has 2 heterocycles. The molecule has 1 aliphatic heterocycles. The highest BCUT2D eigenvalue weighted by Gasteiger charge is 2.36. The van der Waals surface area contributed by atoms with Crippen LogP contribution in [0.5, 0.6) is 0 Å². The molecule has 5 rings (SSSR count). The van der Waals surface area contributed by atoms with E-state index in [9.17, 15) is 0 Å². The van der Waals surface area contributed by atoms with Crippen LogP contribution in [0.15, 0.2) is 72.8 Å². The van der Waals surface area contributed by atoms with Crippen molar-refractivity contribution >= 4 is 34.1 Å². The Morgan fingerprint density at radius 2 is 1.59 bits per heavy atom. The molecule has 3 N–H and O–H groups in total. The molecule has 2 nitrogen and oxygen atoms in total. The first-order chi connectivity index (χ1) is 13.2. The van der Waals surface area contributed by atoms with Gasteiger partial charge < -0.3 is 10.3 Å². The van der Waals surface area contributed by atoms with E-state index in [1.165, 1.54) is 33.3 Å². The summed E-state index contributed by atoms with van der Waals surface area (Å²) in [6.07, 6.45) is 0. The third-order valence-corrected chi connectivity index (χ3v) is 6.15. The van der Waals surface area contributed by atoms with Gasteiger partial charge in [-0.3, -0.25) is 0 Å². The summed E-state index contributed by atoms with van der Waals surface area (Å²) in [4.78, 5) is 3.69. The molecule has 1 aromatic heterocycles. The Morgan fingerprint density at radius 1 is 0.852 bits per heavy atom. The highest BCUT2D eigenvalue weighted by Crippen LogP contribution is 2.40. The number of nitrogens with one attached hydrogen (secondary N) is 1. The number of hydrogen-bond acceptors (Lipinski definition) is 0. The maximum absolute atomic E-state index is 6.57. The standard InChI is InChI=1S/C23H18Cl2N2/c24-15-11-9-14(10-12-15)22-23-21(17-6-2-4-8-20(17)27-23)18(13-26-22)16-5-1-3-7-19(16)25/h1-12,18,22,26-27H,13H2/p+1/t18-,22-/m0/s1. The molecule has 0 saturated carbocycles. The lowest BCUT2D eigenvalue weighted by molar-refractivity contribution is -0.692. The summed E-state index contributed by atoms with van der Waals surface area (Å²) in [6, 6.07) is 25.1. The Labute approximate surface area is 168 Å². The highest BCUT2D eigenvalue weighted by atomic mass is 35.5. The van der Waals surface area contributed by atoms with Gasteiger partial charge in [0.15, 0.2) is 6.04 Å². The van der Waals surface area contributed by atoms with Crippen molar-refractivity contribution in [1.29, 1.82) is 0 Å². The highest BCUT2D eigenvalue weighted by molar-refractivity contribution is 6.31. The van der Waals surface area contributed by atoms with Gasteiger partial charge in [0, 0.05) is 32.1 Å². The molecule has 27 heavy (non-hydrogen) atoms. The smallest absolute Gasteiger partial charge is 0.153 e. The number of hydrogen-bond donors (Lipinski definition) is 2. The van der Waals surface area contributed by atoms with E-state index in [1.807, 2.05) is 24.3 Å². The van der Waals surface area contributed by atoms with Crippen molar-refractivity contribution < 1.29 is 5.32 Å². The van der Waals surface area contributed by atoms with Crippen molar-refractivity contribution in [2.45, 2.75) is 12.0 Å². The van der Waals surface area contributed by atoms with Gasteiger partial charge in [0.25, 0.3) is 0 Å². The fraction of sp³-hybridized carbons (Fsp3) is 0.130. The lowest BCUT2D eigenvalue weighted by Gasteiger charge is -2.28. The number of aromatic amines is 1. The minimum absolute atomic E-state index is 0.225. The average Bonchev–Trinajstić information content (AvgIpc) is 3.08. The van der Waals surface area contributed by atoms with Crippen molar-refractivity contribution in [3.63, 3.8) is 0 Å². The number of rotatable bonds is 2. The molecule has 3 aromatic carbocycles. The number of halogens is 2. The lowest BCUT2D eigenvalue weighted by Crippen LogP contribution is -2.88. The number of benzene rings is 3. The first kappa shape index (κ1) is 16.9. The van der Waals surface area contributed by atoms with Crippen LogP contribution in [0.3, 0.4) is 0 Å². The van der Waals surface area contributed by atoms with E-state index in [1.54, 1.807) is 0 Å². The van der Waals surface area contributed by atoms with E-state index < -0.39 is 0 Å².